The molecule has 0 saturated carbocycles. The number of carboxylic acids is 1. The quantitative estimate of drug-likeness (QED) is 0.750. The Hall–Kier alpha value is -2.37. The van der Waals surface area contributed by atoms with E-state index in [4.69, 9.17) is 14.6 Å². The van der Waals surface area contributed by atoms with E-state index in [1.807, 2.05) is 0 Å². The van der Waals surface area contributed by atoms with Crippen molar-refractivity contribution in [2.45, 2.75) is 0 Å². The molecule has 2 aliphatic rings. The van der Waals surface area contributed by atoms with E-state index in [0.717, 1.165) is 6.21 Å². The maximum absolute atomic E-state index is 12.0. The summed E-state index contributed by atoms with van der Waals surface area (Å²) in [5, 5.41) is 8.90. The summed E-state index contributed by atoms with van der Waals surface area (Å²) in [6.07, 6.45) is 1.14. The van der Waals surface area contributed by atoms with E-state index in [-0.39, 0.29) is 5.56 Å². The van der Waals surface area contributed by atoms with Gasteiger partial charge in [0.1, 0.15) is 13.2 Å². The number of fused-ring (bicyclic) bond motifs is 2. The Morgan fingerprint density at radius 3 is 2.61 bits per heavy atom. The van der Waals surface area contributed by atoms with Crippen molar-refractivity contribution in [1.82, 2.24) is 0 Å². The lowest BCUT2D eigenvalue weighted by Gasteiger charge is -2.21. The van der Waals surface area contributed by atoms with Crippen LogP contribution in [0.15, 0.2) is 17.1 Å². The maximum Gasteiger partial charge on any atom is 0.319 e. The minimum absolute atomic E-state index is 0.258. The molecule has 0 spiro atoms. The van der Waals surface area contributed by atoms with Crippen LogP contribution in [0.5, 0.6) is 11.5 Å². The molecule has 0 saturated heterocycles. The number of carbonyl (C=O) groups excluding carboxylic acids is 1. The van der Waals surface area contributed by atoms with Gasteiger partial charge < -0.3 is 14.6 Å². The van der Waals surface area contributed by atoms with Gasteiger partial charge >= 0.3 is 5.97 Å². The fraction of sp³-hybridized carbons (Fsp3) is 0.250. The fourth-order valence-electron chi connectivity index (χ4n) is 1.95. The van der Waals surface area contributed by atoms with Gasteiger partial charge in [0.25, 0.3) is 0 Å². The number of carboxylic acid groups (broad SMARTS) is 1. The zero-order chi connectivity index (χ0) is 12.7. The van der Waals surface area contributed by atoms with E-state index < -0.39 is 17.7 Å². The molecule has 6 nitrogen and oxygen atoms in total. The van der Waals surface area contributed by atoms with E-state index in [1.165, 1.54) is 6.07 Å². The minimum Gasteiger partial charge on any atom is -0.486 e. The van der Waals surface area contributed by atoms with Crippen LogP contribution in [-0.2, 0) is 4.79 Å². The summed E-state index contributed by atoms with van der Waals surface area (Å²) in [7, 11) is 0. The first kappa shape index (κ1) is 10.8. The van der Waals surface area contributed by atoms with Gasteiger partial charge in [-0.15, -0.1) is 0 Å². The van der Waals surface area contributed by atoms with E-state index in [0.29, 0.717) is 30.4 Å². The van der Waals surface area contributed by atoms with Gasteiger partial charge in [-0.05, 0) is 6.07 Å². The van der Waals surface area contributed by atoms with Crippen molar-refractivity contribution in [1.29, 1.82) is 0 Å². The molecule has 0 aliphatic carbocycles. The zero-order valence-electron chi connectivity index (χ0n) is 9.25. The molecule has 0 bridgehead atoms. The molecule has 6 heteroatoms. The minimum atomic E-state index is -1.22. The summed E-state index contributed by atoms with van der Waals surface area (Å²) in [5.74, 6) is -1.93. The number of aliphatic carboxylic acids is 1. The summed E-state index contributed by atoms with van der Waals surface area (Å²) in [5.41, 5.74) is 0.677. The summed E-state index contributed by atoms with van der Waals surface area (Å²) < 4.78 is 10.7. The highest BCUT2D eigenvalue weighted by molar-refractivity contribution is 6.22. The predicted molar refractivity (Wildman–Crippen MR) is 61.0 cm³/mol. The molecule has 18 heavy (non-hydrogen) atoms. The molecule has 2 heterocycles. The van der Waals surface area contributed by atoms with Crippen LogP contribution in [-0.4, -0.2) is 36.3 Å². The first-order chi connectivity index (χ1) is 8.66. The van der Waals surface area contributed by atoms with Gasteiger partial charge in [-0.25, -0.2) is 0 Å². The van der Waals surface area contributed by atoms with Crippen LogP contribution in [0.1, 0.15) is 10.4 Å². The Labute approximate surface area is 102 Å². The van der Waals surface area contributed by atoms with Gasteiger partial charge in [0.2, 0.25) is 0 Å². The number of benzene rings is 1. The standard InChI is InChI=1S/C12H9NO5/c14-11-6-3-9-10(18-2-1-17-9)4-8(6)13-5-7(11)12(15)16/h3-5,7H,1-2H2,(H,15,16). The van der Waals surface area contributed by atoms with Crippen molar-refractivity contribution >= 4 is 23.7 Å². The second kappa shape index (κ2) is 3.83. The number of carbonyl (C=O) groups is 2. The monoisotopic (exact) mass is 247 g/mol. The first-order valence-corrected chi connectivity index (χ1v) is 5.41. The van der Waals surface area contributed by atoms with Crippen molar-refractivity contribution in [3.8, 4) is 11.5 Å². The third-order valence-corrected chi connectivity index (χ3v) is 2.84. The number of aliphatic imine (C=N–C) groups is 1. The number of ether oxygens (including phenoxy) is 2. The molecule has 2 aliphatic heterocycles. The second-order valence-corrected chi connectivity index (χ2v) is 3.97. The predicted octanol–water partition coefficient (Wildman–Crippen LogP) is 1.06. The highest BCUT2D eigenvalue weighted by Gasteiger charge is 2.32. The third-order valence-electron chi connectivity index (χ3n) is 2.84. The zero-order valence-corrected chi connectivity index (χ0v) is 9.25. The van der Waals surface area contributed by atoms with Gasteiger partial charge in [0.15, 0.2) is 23.2 Å². The van der Waals surface area contributed by atoms with Crippen LogP contribution in [0, 0.1) is 5.92 Å². The van der Waals surface area contributed by atoms with E-state index in [2.05, 4.69) is 4.99 Å². The van der Waals surface area contributed by atoms with Gasteiger partial charge in [0.05, 0.1) is 5.69 Å². The molecule has 92 valence electrons. The number of Topliss-reactive ketones (excluding diaryl/α,β-unsaturated/α-hetero) is 1. The van der Waals surface area contributed by atoms with Crippen molar-refractivity contribution in [2.24, 2.45) is 10.9 Å². The second-order valence-electron chi connectivity index (χ2n) is 3.97. The molecular weight excluding hydrogens is 238 g/mol. The van der Waals surface area contributed by atoms with E-state index in [1.54, 1.807) is 6.07 Å². The molecule has 3 rings (SSSR count). The number of ketones is 1. The largest absolute Gasteiger partial charge is 0.486 e. The molecule has 1 aromatic rings. The van der Waals surface area contributed by atoms with Crippen LogP contribution in [0.3, 0.4) is 0 Å². The van der Waals surface area contributed by atoms with Gasteiger partial charge in [0, 0.05) is 17.8 Å². The summed E-state index contributed by atoms with van der Waals surface area (Å²) in [6.45, 7) is 0.854. The number of hydrogen-bond donors (Lipinski definition) is 1. The van der Waals surface area contributed by atoms with Gasteiger partial charge in [-0.1, -0.05) is 0 Å². The van der Waals surface area contributed by atoms with Crippen molar-refractivity contribution in [2.75, 3.05) is 13.2 Å². The van der Waals surface area contributed by atoms with Crippen molar-refractivity contribution in [3.63, 3.8) is 0 Å². The molecule has 0 amide bonds. The molecule has 0 radical (unpaired) electrons. The SMILES string of the molecule is O=C(O)C1C=Nc2cc3c(cc2C1=O)OCCO3. The van der Waals surface area contributed by atoms with Crippen LogP contribution >= 0.6 is 0 Å². The third kappa shape index (κ3) is 1.54. The molecular formula is C12H9NO5. The molecule has 1 aromatic carbocycles. The fourth-order valence-corrected chi connectivity index (χ4v) is 1.95. The summed E-state index contributed by atoms with van der Waals surface area (Å²) in [6, 6.07) is 3.09. The normalized spacial score (nSPS) is 20.4. The van der Waals surface area contributed by atoms with Gasteiger partial charge in [-0.3, -0.25) is 14.6 Å². The first-order valence-electron chi connectivity index (χ1n) is 5.41. The highest BCUT2D eigenvalue weighted by atomic mass is 16.6. The Balaban J connectivity index is 2.09. The average molecular weight is 247 g/mol. The summed E-state index contributed by atoms with van der Waals surface area (Å²) in [4.78, 5) is 26.9. The Morgan fingerprint density at radius 1 is 1.28 bits per heavy atom. The summed E-state index contributed by atoms with van der Waals surface area (Å²) >= 11 is 0. The lowest BCUT2D eigenvalue weighted by atomic mass is 9.94. The van der Waals surface area contributed by atoms with Gasteiger partial charge in [-0.2, -0.15) is 0 Å². The molecule has 0 aromatic heterocycles. The molecule has 1 atom stereocenters. The van der Waals surface area contributed by atoms with E-state index in [9.17, 15) is 9.59 Å². The van der Waals surface area contributed by atoms with Crippen LogP contribution < -0.4 is 9.47 Å². The smallest absolute Gasteiger partial charge is 0.319 e. The average Bonchev–Trinajstić information content (AvgIpc) is 2.37. The maximum atomic E-state index is 12.0. The Bertz CT molecular complexity index is 578. The van der Waals surface area contributed by atoms with Crippen LogP contribution in [0.25, 0.3) is 0 Å². The van der Waals surface area contributed by atoms with E-state index >= 15 is 0 Å². The highest BCUT2D eigenvalue weighted by Crippen LogP contribution is 2.39. The number of nitrogens with zero attached hydrogens (tertiary/aromatic N) is 1. The Morgan fingerprint density at radius 2 is 1.94 bits per heavy atom. The Kier molecular flexibility index (Phi) is 2.29. The lowest BCUT2D eigenvalue weighted by Crippen LogP contribution is -2.27. The molecule has 1 unspecified atom stereocenters. The van der Waals surface area contributed by atoms with Crippen LogP contribution in [0.4, 0.5) is 5.69 Å². The van der Waals surface area contributed by atoms with Crippen molar-refractivity contribution < 1.29 is 24.2 Å². The molecule has 1 N–H and O–H groups in total. The number of rotatable bonds is 1. The number of hydrogen-bond acceptors (Lipinski definition) is 5. The lowest BCUT2D eigenvalue weighted by molar-refractivity contribution is -0.137. The molecule has 0 fully saturated rings. The van der Waals surface area contributed by atoms with Crippen LogP contribution in [0.2, 0.25) is 0 Å². The topological polar surface area (TPSA) is 85.2 Å². The van der Waals surface area contributed by atoms with Crippen molar-refractivity contribution in [3.05, 3.63) is 17.7 Å².